The fourth-order valence-corrected chi connectivity index (χ4v) is 3.83. The van der Waals surface area contributed by atoms with Gasteiger partial charge in [0.2, 0.25) is 11.9 Å². The highest BCUT2D eigenvalue weighted by Gasteiger charge is 2.31. The number of amides is 3. The highest BCUT2D eigenvalue weighted by molar-refractivity contribution is 5.96. The SMILES string of the molecule is CC(C)C[C@H](NC(=O)N1CCn2c1nc1ccccc12)C(=O)NCc1ccc(F)cc1. The predicted octanol–water partition coefficient (Wildman–Crippen LogP) is 3.44. The highest BCUT2D eigenvalue weighted by Crippen LogP contribution is 2.27. The molecule has 3 amide bonds. The van der Waals surface area contributed by atoms with Gasteiger partial charge >= 0.3 is 6.03 Å². The minimum Gasteiger partial charge on any atom is -0.350 e. The normalized spacial score (nSPS) is 14.0. The zero-order chi connectivity index (χ0) is 22.0. The van der Waals surface area contributed by atoms with Gasteiger partial charge in [0.15, 0.2) is 0 Å². The minimum atomic E-state index is -0.675. The monoisotopic (exact) mass is 423 g/mol. The number of anilines is 1. The molecule has 0 bridgehead atoms. The fraction of sp³-hybridized carbons (Fsp3) is 0.348. The molecule has 0 radical (unpaired) electrons. The Kier molecular flexibility index (Phi) is 5.88. The Hall–Kier alpha value is -3.42. The summed E-state index contributed by atoms with van der Waals surface area (Å²) in [5.41, 5.74) is 2.62. The molecule has 1 aliphatic rings. The van der Waals surface area contributed by atoms with Crippen molar-refractivity contribution in [1.82, 2.24) is 20.2 Å². The number of nitrogens with zero attached hydrogens (tertiary/aromatic N) is 3. The van der Waals surface area contributed by atoms with Crippen molar-refractivity contribution >= 4 is 28.9 Å². The number of rotatable bonds is 6. The van der Waals surface area contributed by atoms with Crippen LogP contribution in [0.15, 0.2) is 48.5 Å². The first-order chi connectivity index (χ1) is 14.9. The van der Waals surface area contributed by atoms with E-state index in [0.29, 0.717) is 25.5 Å². The molecule has 1 atom stereocenters. The molecule has 31 heavy (non-hydrogen) atoms. The molecule has 7 nitrogen and oxygen atoms in total. The number of urea groups is 1. The third-order valence-corrected chi connectivity index (χ3v) is 5.37. The maximum absolute atomic E-state index is 13.1. The van der Waals surface area contributed by atoms with E-state index in [1.807, 2.05) is 42.7 Å². The van der Waals surface area contributed by atoms with Gasteiger partial charge in [-0.3, -0.25) is 9.69 Å². The van der Waals surface area contributed by atoms with Gasteiger partial charge in [-0.05, 0) is 42.2 Å². The van der Waals surface area contributed by atoms with Crippen LogP contribution < -0.4 is 15.5 Å². The quantitative estimate of drug-likeness (QED) is 0.638. The third-order valence-electron chi connectivity index (χ3n) is 5.37. The summed E-state index contributed by atoms with van der Waals surface area (Å²) in [7, 11) is 0. The molecule has 2 N–H and O–H groups in total. The summed E-state index contributed by atoms with van der Waals surface area (Å²) in [5, 5.41) is 5.73. The number of imidazole rings is 1. The molecule has 0 aliphatic carbocycles. The lowest BCUT2D eigenvalue weighted by Gasteiger charge is -2.23. The number of hydrogen-bond donors (Lipinski definition) is 2. The largest absolute Gasteiger partial charge is 0.350 e. The summed E-state index contributed by atoms with van der Waals surface area (Å²) in [6.45, 7) is 5.44. The van der Waals surface area contributed by atoms with Crippen LogP contribution >= 0.6 is 0 Å². The molecule has 0 saturated carbocycles. The van der Waals surface area contributed by atoms with E-state index in [1.54, 1.807) is 17.0 Å². The van der Waals surface area contributed by atoms with Crippen LogP contribution in [0.4, 0.5) is 15.1 Å². The molecule has 2 aromatic carbocycles. The van der Waals surface area contributed by atoms with Crippen molar-refractivity contribution < 1.29 is 14.0 Å². The van der Waals surface area contributed by atoms with E-state index in [1.165, 1.54) is 12.1 Å². The first-order valence-corrected chi connectivity index (χ1v) is 10.5. The highest BCUT2D eigenvalue weighted by atomic mass is 19.1. The molecule has 3 aromatic rings. The second-order valence-electron chi connectivity index (χ2n) is 8.18. The maximum atomic E-state index is 13.1. The van der Waals surface area contributed by atoms with Crippen LogP contribution in [0, 0.1) is 11.7 Å². The molecule has 1 aliphatic heterocycles. The van der Waals surface area contributed by atoms with Gasteiger partial charge in [-0.25, -0.2) is 14.2 Å². The average molecular weight is 423 g/mol. The van der Waals surface area contributed by atoms with E-state index in [4.69, 9.17) is 0 Å². The molecule has 2 heterocycles. The standard InChI is InChI=1S/C23H26FN5O2/c1-15(2)13-19(21(30)25-14-16-7-9-17(24)10-8-16)27-23(31)29-12-11-28-20-6-4-3-5-18(20)26-22(28)29/h3-10,15,19H,11-14H2,1-2H3,(H,25,30)(H,27,31)/t19-/m0/s1. The summed E-state index contributed by atoms with van der Waals surface area (Å²) in [6, 6.07) is 12.7. The number of para-hydroxylation sites is 2. The second-order valence-corrected chi connectivity index (χ2v) is 8.18. The third kappa shape index (κ3) is 4.52. The van der Waals surface area contributed by atoms with E-state index in [9.17, 15) is 14.0 Å². The first kappa shape index (κ1) is 20.8. The molecule has 1 aromatic heterocycles. The first-order valence-electron chi connectivity index (χ1n) is 10.5. The summed E-state index contributed by atoms with van der Waals surface area (Å²) >= 11 is 0. The van der Waals surface area contributed by atoms with Crippen molar-refractivity contribution in [1.29, 1.82) is 0 Å². The van der Waals surface area contributed by atoms with Gasteiger partial charge in [-0.2, -0.15) is 0 Å². The van der Waals surface area contributed by atoms with Gasteiger partial charge in [0, 0.05) is 19.6 Å². The van der Waals surface area contributed by atoms with Crippen LogP contribution in [-0.4, -0.2) is 34.1 Å². The van der Waals surface area contributed by atoms with Crippen LogP contribution in [0.1, 0.15) is 25.8 Å². The maximum Gasteiger partial charge on any atom is 0.324 e. The molecule has 0 unspecified atom stereocenters. The van der Waals surface area contributed by atoms with Crippen LogP contribution in [0.25, 0.3) is 11.0 Å². The van der Waals surface area contributed by atoms with Crippen LogP contribution in [0.3, 0.4) is 0 Å². The molecule has 162 valence electrons. The Morgan fingerprint density at radius 2 is 1.84 bits per heavy atom. The van der Waals surface area contributed by atoms with Crippen LogP contribution in [0.2, 0.25) is 0 Å². The van der Waals surface area contributed by atoms with Crippen LogP contribution in [0.5, 0.6) is 0 Å². The summed E-state index contributed by atoms with van der Waals surface area (Å²) in [4.78, 5) is 32.0. The summed E-state index contributed by atoms with van der Waals surface area (Å²) in [5.74, 6) is 0.217. The number of halogens is 1. The smallest absolute Gasteiger partial charge is 0.324 e. The molecular weight excluding hydrogens is 397 g/mol. The number of carbonyl (C=O) groups excluding carboxylic acids is 2. The van der Waals surface area contributed by atoms with Crippen molar-refractivity contribution in [3.63, 3.8) is 0 Å². The Labute approximate surface area is 180 Å². The van der Waals surface area contributed by atoms with Gasteiger partial charge in [-0.1, -0.05) is 38.1 Å². The number of aromatic nitrogens is 2. The summed E-state index contributed by atoms with van der Waals surface area (Å²) < 4.78 is 15.1. The minimum absolute atomic E-state index is 0.213. The molecular formula is C23H26FN5O2. The number of benzene rings is 2. The summed E-state index contributed by atoms with van der Waals surface area (Å²) in [6.07, 6.45) is 0.505. The van der Waals surface area contributed by atoms with Gasteiger partial charge in [0.05, 0.1) is 11.0 Å². The van der Waals surface area contributed by atoms with Crippen molar-refractivity contribution in [3.8, 4) is 0 Å². The van der Waals surface area contributed by atoms with E-state index in [0.717, 1.165) is 16.6 Å². The molecule has 0 spiro atoms. The van der Waals surface area contributed by atoms with Crippen LogP contribution in [-0.2, 0) is 17.9 Å². The van der Waals surface area contributed by atoms with Crippen molar-refractivity contribution in [2.24, 2.45) is 5.92 Å². The second kappa shape index (κ2) is 8.75. The van der Waals surface area contributed by atoms with Gasteiger partial charge in [-0.15, -0.1) is 0 Å². The Bertz CT molecular complexity index is 1090. The number of hydrogen-bond acceptors (Lipinski definition) is 3. The van der Waals surface area contributed by atoms with Crippen molar-refractivity contribution in [2.75, 3.05) is 11.4 Å². The van der Waals surface area contributed by atoms with E-state index in [2.05, 4.69) is 15.6 Å². The zero-order valence-electron chi connectivity index (χ0n) is 17.6. The lowest BCUT2D eigenvalue weighted by Crippen LogP contribution is -2.51. The Balaban J connectivity index is 1.44. The number of carbonyl (C=O) groups is 2. The van der Waals surface area contributed by atoms with Gasteiger partial charge in [0.25, 0.3) is 0 Å². The number of fused-ring (bicyclic) bond motifs is 3. The zero-order valence-corrected chi connectivity index (χ0v) is 17.6. The van der Waals surface area contributed by atoms with Gasteiger partial charge in [0.1, 0.15) is 11.9 Å². The molecule has 0 fully saturated rings. The predicted molar refractivity (Wildman–Crippen MR) is 117 cm³/mol. The van der Waals surface area contributed by atoms with Crippen molar-refractivity contribution in [3.05, 3.63) is 59.9 Å². The fourth-order valence-electron chi connectivity index (χ4n) is 3.83. The topological polar surface area (TPSA) is 79.3 Å². The number of nitrogens with one attached hydrogen (secondary N) is 2. The lowest BCUT2D eigenvalue weighted by atomic mass is 10.0. The van der Waals surface area contributed by atoms with E-state index in [-0.39, 0.29) is 30.2 Å². The van der Waals surface area contributed by atoms with Gasteiger partial charge < -0.3 is 15.2 Å². The Morgan fingerprint density at radius 3 is 2.58 bits per heavy atom. The molecule has 4 rings (SSSR count). The van der Waals surface area contributed by atoms with E-state index < -0.39 is 6.04 Å². The lowest BCUT2D eigenvalue weighted by molar-refractivity contribution is -0.123. The Morgan fingerprint density at radius 1 is 1.10 bits per heavy atom. The average Bonchev–Trinajstić information content (AvgIpc) is 3.31. The molecule has 0 saturated heterocycles. The van der Waals surface area contributed by atoms with E-state index >= 15 is 0 Å². The molecule has 8 heteroatoms. The van der Waals surface area contributed by atoms with Crippen molar-refractivity contribution in [2.45, 2.75) is 39.4 Å².